The Morgan fingerprint density at radius 1 is 1.33 bits per heavy atom. The smallest absolute Gasteiger partial charge is 0.226 e. The molecule has 1 fully saturated rings. The predicted molar refractivity (Wildman–Crippen MR) is 93.9 cm³/mol. The Kier molecular flexibility index (Phi) is 5.21. The van der Waals surface area contributed by atoms with Crippen LogP contribution in [0.2, 0.25) is 5.02 Å². The highest BCUT2D eigenvalue weighted by Crippen LogP contribution is 2.26. The summed E-state index contributed by atoms with van der Waals surface area (Å²) in [7, 11) is 0. The van der Waals surface area contributed by atoms with E-state index < -0.39 is 0 Å². The van der Waals surface area contributed by atoms with Gasteiger partial charge in [0.1, 0.15) is 6.26 Å². The quantitative estimate of drug-likeness (QED) is 0.872. The molecule has 1 aliphatic rings. The maximum absolute atomic E-state index is 12.2. The van der Waals surface area contributed by atoms with E-state index in [0.29, 0.717) is 23.2 Å². The van der Waals surface area contributed by atoms with Gasteiger partial charge in [-0.1, -0.05) is 18.5 Å². The number of carbonyl (C=O) groups is 1. The molecule has 0 bridgehead atoms. The summed E-state index contributed by atoms with van der Waals surface area (Å²) in [6.07, 6.45) is 3.93. The monoisotopic (exact) mass is 347 g/mol. The fraction of sp³-hybridized carbons (Fsp3) is 0.444. The third kappa shape index (κ3) is 4.36. The van der Waals surface area contributed by atoms with Crippen LogP contribution in [0.1, 0.15) is 25.5 Å². The van der Waals surface area contributed by atoms with E-state index in [2.05, 4.69) is 22.5 Å². The SMILES string of the molecule is CC1(CNC(=O)Cc2coc(-c3ccc(Cl)cc3)n2)CCNCC1. The number of nitrogens with zero attached hydrogens (tertiary/aromatic N) is 1. The van der Waals surface area contributed by atoms with Gasteiger partial charge in [-0.2, -0.15) is 0 Å². The van der Waals surface area contributed by atoms with E-state index in [-0.39, 0.29) is 17.7 Å². The van der Waals surface area contributed by atoms with Gasteiger partial charge >= 0.3 is 0 Å². The number of hydrogen-bond donors (Lipinski definition) is 2. The van der Waals surface area contributed by atoms with Gasteiger partial charge in [-0.05, 0) is 55.6 Å². The Bertz CT molecular complexity index is 691. The first-order valence-electron chi connectivity index (χ1n) is 8.22. The molecule has 0 aliphatic carbocycles. The van der Waals surface area contributed by atoms with Crippen molar-refractivity contribution in [2.45, 2.75) is 26.2 Å². The van der Waals surface area contributed by atoms with Crippen molar-refractivity contribution < 1.29 is 9.21 Å². The highest BCUT2D eigenvalue weighted by molar-refractivity contribution is 6.30. The Hall–Kier alpha value is -1.85. The molecule has 1 aromatic heterocycles. The van der Waals surface area contributed by atoms with Crippen molar-refractivity contribution in [3.63, 3.8) is 0 Å². The van der Waals surface area contributed by atoms with Gasteiger partial charge in [0.25, 0.3) is 0 Å². The topological polar surface area (TPSA) is 67.2 Å². The molecule has 0 atom stereocenters. The highest BCUT2D eigenvalue weighted by atomic mass is 35.5. The van der Waals surface area contributed by atoms with E-state index in [4.69, 9.17) is 16.0 Å². The molecule has 0 spiro atoms. The van der Waals surface area contributed by atoms with Crippen LogP contribution in [0.4, 0.5) is 0 Å². The van der Waals surface area contributed by atoms with E-state index in [1.807, 2.05) is 12.1 Å². The summed E-state index contributed by atoms with van der Waals surface area (Å²) in [5.41, 5.74) is 1.65. The van der Waals surface area contributed by atoms with Gasteiger partial charge < -0.3 is 15.1 Å². The van der Waals surface area contributed by atoms with Gasteiger partial charge in [0.15, 0.2) is 0 Å². The van der Waals surface area contributed by atoms with E-state index in [9.17, 15) is 4.79 Å². The standard InChI is InChI=1S/C18H22ClN3O2/c1-18(6-8-20-9-7-18)12-21-16(23)10-15-11-24-17(22-15)13-2-4-14(19)5-3-13/h2-5,11,20H,6-10,12H2,1H3,(H,21,23). The Morgan fingerprint density at radius 2 is 2.04 bits per heavy atom. The summed E-state index contributed by atoms with van der Waals surface area (Å²) in [4.78, 5) is 16.5. The lowest BCUT2D eigenvalue weighted by Crippen LogP contribution is -2.43. The van der Waals surface area contributed by atoms with Gasteiger partial charge in [-0.15, -0.1) is 0 Å². The molecular formula is C18H22ClN3O2. The maximum atomic E-state index is 12.2. The minimum Gasteiger partial charge on any atom is -0.444 e. The van der Waals surface area contributed by atoms with Crippen LogP contribution < -0.4 is 10.6 Å². The minimum atomic E-state index is -0.0225. The van der Waals surface area contributed by atoms with Crippen molar-refractivity contribution >= 4 is 17.5 Å². The molecule has 1 saturated heterocycles. The molecule has 2 heterocycles. The van der Waals surface area contributed by atoms with Crippen molar-refractivity contribution in [1.29, 1.82) is 0 Å². The maximum Gasteiger partial charge on any atom is 0.226 e. The van der Waals surface area contributed by atoms with Crippen LogP contribution in [0.3, 0.4) is 0 Å². The van der Waals surface area contributed by atoms with Crippen LogP contribution in [0, 0.1) is 5.41 Å². The third-order valence-corrected chi connectivity index (χ3v) is 4.76. The third-order valence-electron chi connectivity index (χ3n) is 4.51. The number of halogens is 1. The van der Waals surface area contributed by atoms with Gasteiger partial charge in [-0.25, -0.2) is 4.98 Å². The number of carbonyl (C=O) groups excluding carboxylic acids is 1. The van der Waals surface area contributed by atoms with Crippen molar-refractivity contribution in [1.82, 2.24) is 15.6 Å². The second kappa shape index (κ2) is 7.36. The average Bonchev–Trinajstić information content (AvgIpc) is 3.03. The zero-order valence-electron chi connectivity index (χ0n) is 13.8. The van der Waals surface area contributed by atoms with Crippen LogP contribution in [0.15, 0.2) is 34.9 Å². The molecule has 1 aliphatic heterocycles. The fourth-order valence-corrected chi connectivity index (χ4v) is 2.99. The lowest BCUT2D eigenvalue weighted by molar-refractivity contribution is -0.121. The number of hydrogen-bond acceptors (Lipinski definition) is 4. The summed E-state index contributed by atoms with van der Waals surface area (Å²) in [5.74, 6) is 0.477. The van der Waals surface area contributed by atoms with Gasteiger partial charge in [0.2, 0.25) is 11.8 Å². The van der Waals surface area contributed by atoms with E-state index in [1.54, 1.807) is 12.1 Å². The Labute approximate surface area is 146 Å². The number of aromatic nitrogens is 1. The summed E-state index contributed by atoms with van der Waals surface area (Å²) < 4.78 is 5.46. The van der Waals surface area contributed by atoms with Crippen molar-refractivity contribution in [3.8, 4) is 11.5 Å². The summed E-state index contributed by atoms with van der Waals surface area (Å²) >= 11 is 5.88. The minimum absolute atomic E-state index is 0.0225. The lowest BCUT2D eigenvalue weighted by Gasteiger charge is -2.34. The normalized spacial score (nSPS) is 16.8. The average molecular weight is 348 g/mol. The van der Waals surface area contributed by atoms with Crippen LogP contribution in [-0.4, -0.2) is 30.5 Å². The van der Waals surface area contributed by atoms with E-state index in [1.165, 1.54) is 6.26 Å². The molecule has 24 heavy (non-hydrogen) atoms. The fourth-order valence-electron chi connectivity index (χ4n) is 2.86. The number of rotatable bonds is 5. The zero-order chi connectivity index (χ0) is 17.0. The molecule has 0 radical (unpaired) electrons. The molecule has 2 N–H and O–H groups in total. The van der Waals surface area contributed by atoms with Gasteiger partial charge in [-0.3, -0.25) is 4.79 Å². The molecule has 128 valence electrons. The molecule has 1 amide bonds. The molecule has 0 unspecified atom stereocenters. The van der Waals surface area contributed by atoms with Gasteiger partial charge in [0, 0.05) is 17.1 Å². The first-order valence-corrected chi connectivity index (χ1v) is 8.60. The number of benzene rings is 1. The number of nitrogens with one attached hydrogen (secondary N) is 2. The predicted octanol–water partition coefficient (Wildman–Crippen LogP) is 3.04. The molecular weight excluding hydrogens is 326 g/mol. The Morgan fingerprint density at radius 3 is 2.75 bits per heavy atom. The molecule has 6 heteroatoms. The second-order valence-corrected chi connectivity index (χ2v) is 7.10. The van der Waals surface area contributed by atoms with Crippen LogP contribution in [0.5, 0.6) is 0 Å². The van der Waals surface area contributed by atoms with Crippen LogP contribution in [0.25, 0.3) is 11.5 Å². The van der Waals surface area contributed by atoms with Crippen LogP contribution >= 0.6 is 11.6 Å². The highest BCUT2D eigenvalue weighted by Gasteiger charge is 2.27. The number of oxazole rings is 1. The van der Waals surface area contributed by atoms with Crippen molar-refractivity contribution in [2.75, 3.05) is 19.6 Å². The second-order valence-electron chi connectivity index (χ2n) is 6.67. The van der Waals surface area contributed by atoms with E-state index >= 15 is 0 Å². The summed E-state index contributed by atoms with van der Waals surface area (Å²) in [5, 5.41) is 7.04. The van der Waals surface area contributed by atoms with E-state index in [0.717, 1.165) is 31.5 Å². The first-order chi connectivity index (χ1) is 11.5. The number of amides is 1. The molecule has 1 aromatic carbocycles. The largest absolute Gasteiger partial charge is 0.444 e. The summed E-state index contributed by atoms with van der Waals surface area (Å²) in [6, 6.07) is 7.26. The molecule has 2 aromatic rings. The number of piperidine rings is 1. The van der Waals surface area contributed by atoms with Crippen molar-refractivity contribution in [3.05, 3.63) is 41.2 Å². The summed E-state index contributed by atoms with van der Waals surface area (Å²) in [6.45, 7) is 4.96. The Balaban J connectivity index is 1.54. The molecule has 5 nitrogen and oxygen atoms in total. The first kappa shape index (κ1) is 17.0. The molecule has 3 rings (SSSR count). The van der Waals surface area contributed by atoms with Crippen LogP contribution in [-0.2, 0) is 11.2 Å². The zero-order valence-corrected chi connectivity index (χ0v) is 14.5. The molecule has 0 saturated carbocycles. The van der Waals surface area contributed by atoms with Crippen molar-refractivity contribution in [2.24, 2.45) is 5.41 Å². The lowest BCUT2D eigenvalue weighted by atomic mass is 9.81. The van der Waals surface area contributed by atoms with Gasteiger partial charge in [0.05, 0.1) is 12.1 Å².